The van der Waals surface area contributed by atoms with Crippen molar-refractivity contribution in [2.24, 2.45) is 0 Å². The highest BCUT2D eigenvalue weighted by molar-refractivity contribution is 5.36. The van der Waals surface area contributed by atoms with Crippen molar-refractivity contribution in [3.05, 3.63) is 30.5 Å². The van der Waals surface area contributed by atoms with Crippen molar-refractivity contribution in [3.8, 4) is 0 Å². The Morgan fingerprint density at radius 1 is 1.29 bits per heavy atom. The number of fused-ring (bicyclic) bond motifs is 1. The van der Waals surface area contributed by atoms with Gasteiger partial charge in [-0.3, -0.25) is 4.98 Å². The number of unbranched alkanes of at least 4 members (excludes halogenated alkanes) is 1. The summed E-state index contributed by atoms with van der Waals surface area (Å²) >= 11 is 0. The minimum absolute atomic E-state index is 0.262. The molecule has 2 heterocycles. The van der Waals surface area contributed by atoms with Crippen LogP contribution in [-0.4, -0.2) is 26.1 Å². The first kappa shape index (κ1) is 9.15. The molecule has 0 aliphatic carbocycles. The second-order valence-electron chi connectivity index (χ2n) is 3.23. The van der Waals surface area contributed by atoms with Gasteiger partial charge >= 0.3 is 0 Å². The number of hydrogen-bond donors (Lipinski definition) is 1. The summed E-state index contributed by atoms with van der Waals surface area (Å²) in [5.41, 5.74) is 2.06. The van der Waals surface area contributed by atoms with Crippen LogP contribution in [0.5, 0.6) is 0 Å². The molecule has 14 heavy (non-hydrogen) atoms. The van der Waals surface area contributed by atoms with Crippen LogP contribution in [0, 0.1) is 0 Å². The van der Waals surface area contributed by atoms with Gasteiger partial charge in [0.1, 0.15) is 0 Å². The van der Waals surface area contributed by atoms with Gasteiger partial charge in [-0.15, -0.1) is 0 Å². The van der Waals surface area contributed by atoms with Crippen molar-refractivity contribution in [1.29, 1.82) is 0 Å². The van der Waals surface area contributed by atoms with Gasteiger partial charge in [0.25, 0.3) is 0 Å². The van der Waals surface area contributed by atoms with E-state index in [0.29, 0.717) is 0 Å². The third kappa shape index (κ3) is 1.75. The summed E-state index contributed by atoms with van der Waals surface area (Å²) in [6.07, 6.45) is 10.1. The number of imidazole rings is 1. The Kier molecular flexibility index (Phi) is 2.74. The first-order valence-corrected chi connectivity index (χ1v) is 4.78. The molecule has 0 spiro atoms. The molecule has 2 rings (SSSR count). The summed E-state index contributed by atoms with van der Waals surface area (Å²) in [6, 6.07) is 0. The highest BCUT2D eigenvalue weighted by atomic mass is 16.2. The van der Waals surface area contributed by atoms with Gasteiger partial charge in [-0.25, -0.2) is 4.98 Å². The molecule has 2 aromatic heterocycles. The van der Waals surface area contributed by atoms with E-state index in [2.05, 4.69) is 9.97 Å². The van der Waals surface area contributed by atoms with Gasteiger partial charge in [0.15, 0.2) is 5.65 Å². The monoisotopic (exact) mass is 191 g/mol. The molecule has 4 nitrogen and oxygen atoms in total. The van der Waals surface area contributed by atoms with Crippen LogP contribution in [0.2, 0.25) is 0 Å². The third-order valence-electron chi connectivity index (χ3n) is 2.23. The molecule has 0 unspecified atom stereocenters. The maximum Gasteiger partial charge on any atom is 0.155 e. The van der Waals surface area contributed by atoms with Crippen LogP contribution in [0.1, 0.15) is 18.5 Å². The van der Waals surface area contributed by atoms with Crippen LogP contribution in [0.3, 0.4) is 0 Å². The zero-order chi connectivity index (χ0) is 9.80. The number of hydrogen-bond acceptors (Lipinski definition) is 3. The van der Waals surface area contributed by atoms with Crippen LogP contribution in [-0.2, 0) is 6.42 Å². The summed E-state index contributed by atoms with van der Waals surface area (Å²) in [5, 5.41) is 8.68. The van der Waals surface area contributed by atoms with Crippen LogP contribution in [0.4, 0.5) is 0 Å². The van der Waals surface area contributed by atoms with E-state index in [0.717, 1.165) is 24.9 Å². The molecule has 0 saturated heterocycles. The summed E-state index contributed by atoms with van der Waals surface area (Å²) in [6.45, 7) is 0.262. The highest BCUT2D eigenvalue weighted by Gasteiger charge is 2.01. The molecule has 0 radical (unpaired) electrons. The Balaban J connectivity index is 2.17. The average molecular weight is 191 g/mol. The van der Waals surface area contributed by atoms with E-state index in [1.807, 2.05) is 16.8 Å². The Hall–Kier alpha value is -1.42. The third-order valence-corrected chi connectivity index (χ3v) is 2.23. The normalized spacial score (nSPS) is 10.9. The highest BCUT2D eigenvalue weighted by Crippen LogP contribution is 2.07. The molecular formula is C10H13N3O. The van der Waals surface area contributed by atoms with Gasteiger partial charge in [-0.2, -0.15) is 0 Å². The zero-order valence-corrected chi connectivity index (χ0v) is 7.93. The standard InChI is InChI=1S/C10H13N3O/c14-6-2-1-3-9-7-12-10-8-11-4-5-13(9)10/h4-5,7-8,14H,1-3,6H2. The molecule has 0 saturated carbocycles. The Morgan fingerprint density at radius 2 is 2.21 bits per heavy atom. The van der Waals surface area contributed by atoms with Crippen molar-refractivity contribution in [1.82, 2.24) is 14.4 Å². The summed E-state index contributed by atoms with van der Waals surface area (Å²) in [7, 11) is 0. The van der Waals surface area contributed by atoms with Crippen molar-refractivity contribution < 1.29 is 5.11 Å². The number of aromatic nitrogens is 3. The maximum atomic E-state index is 8.68. The van der Waals surface area contributed by atoms with Gasteiger partial charge in [0.2, 0.25) is 0 Å². The van der Waals surface area contributed by atoms with Crippen molar-refractivity contribution >= 4 is 5.65 Å². The largest absolute Gasteiger partial charge is 0.396 e. The van der Waals surface area contributed by atoms with Gasteiger partial charge in [0.05, 0.1) is 6.20 Å². The molecule has 2 aromatic rings. The predicted molar refractivity (Wildman–Crippen MR) is 53.0 cm³/mol. The number of nitrogens with zero attached hydrogens (tertiary/aromatic N) is 3. The number of aliphatic hydroxyl groups is 1. The molecule has 0 bridgehead atoms. The van der Waals surface area contributed by atoms with E-state index in [9.17, 15) is 0 Å². The smallest absolute Gasteiger partial charge is 0.155 e. The molecule has 1 N–H and O–H groups in total. The molecular weight excluding hydrogens is 178 g/mol. The van der Waals surface area contributed by atoms with Gasteiger partial charge in [-0.05, 0) is 19.3 Å². The number of rotatable bonds is 4. The van der Waals surface area contributed by atoms with E-state index in [1.165, 1.54) is 5.69 Å². The van der Waals surface area contributed by atoms with Crippen molar-refractivity contribution in [2.75, 3.05) is 6.61 Å². The molecule has 0 aliphatic heterocycles. The summed E-state index contributed by atoms with van der Waals surface area (Å²) in [4.78, 5) is 8.23. The summed E-state index contributed by atoms with van der Waals surface area (Å²) < 4.78 is 2.03. The van der Waals surface area contributed by atoms with Crippen LogP contribution < -0.4 is 0 Å². The van der Waals surface area contributed by atoms with E-state index in [4.69, 9.17) is 5.11 Å². The Morgan fingerprint density at radius 3 is 3.07 bits per heavy atom. The van der Waals surface area contributed by atoms with Gasteiger partial charge in [-0.1, -0.05) is 0 Å². The van der Waals surface area contributed by atoms with Gasteiger partial charge in [0, 0.05) is 30.9 Å². The first-order valence-electron chi connectivity index (χ1n) is 4.78. The first-order chi connectivity index (χ1) is 6.92. The lowest BCUT2D eigenvalue weighted by atomic mass is 10.2. The lowest BCUT2D eigenvalue weighted by Crippen LogP contribution is -1.94. The molecule has 0 aliphatic rings. The molecule has 74 valence electrons. The predicted octanol–water partition coefficient (Wildman–Crippen LogP) is 1.04. The Labute approximate surface area is 82.2 Å². The van der Waals surface area contributed by atoms with Crippen LogP contribution in [0.25, 0.3) is 5.65 Å². The van der Waals surface area contributed by atoms with E-state index < -0.39 is 0 Å². The SMILES string of the molecule is OCCCCc1cnc2cnccn12. The molecule has 0 amide bonds. The second kappa shape index (κ2) is 4.19. The minimum Gasteiger partial charge on any atom is -0.396 e. The summed E-state index contributed by atoms with van der Waals surface area (Å²) in [5.74, 6) is 0. The second-order valence-corrected chi connectivity index (χ2v) is 3.23. The molecule has 0 fully saturated rings. The van der Waals surface area contributed by atoms with E-state index >= 15 is 0 Å². The Bertz CT molecular complexity index is 410. The van der Waals surface area contributed by atoms with Crippen LogP contribution in [0.15, 0.2) is 24.8 Å². The van der Waals surface area contributed by atoms with Gasteiger partial charge < -0.3 is 9.51 Å². The van der Waals surface area contributed by atoms with E-state index in [1.54, 1.807) is 12.4 Å². The number of aliphatic hydroxyl groups excluding tert-OH is 1. The number of aryl methyl sites for hydroxylation is 1. The van der Waals surface area contributed by atoms with E-state index in [-0.39, 0.29) is 6.61 Å². The fourth-order valence-electron chi connectivity index (χ4n) is 1.50. The van der Waals surface area contributed by atoms with Crippen molar-refractivity contribution in [2.45, 2.75) is 19.3 Å². The lowest BCUT2D eigenvalue weighted by molar-refractivity contribution is 0.284. The fraction of sp³-hybridized carbons (Fsp3) is 0.400. The molecule has 0 aromatic carbocycles. The molecule has 4 heteroatoms. The van der Waals surface area contributed by atoms with Crippen LogP contribution >= 0.6 is 0 Å². The average Bonchev–Trinajstić information content (AvgIpc) is 2.63. The topological polar surface area (TPSA) is 50.4 Å². The lowest BCUT2D eigenvalue weighted by Gasteiger charge is -1.99. The maximum absolute atomic E-state index is 8.68. The van der Waals surface area contributed by atoms with Crippen molar-refractivity contribution in [3.63, 3.8) is 0 Å². The fourth-order valence-corrected chi connectivity index (χ4v) is 1.50. The zero-order valence-electron chi connectivity index (χ0n) is 7.93. The molecule has 0 atom stereocenters. The minimum atomic E-state index is 0.262. The quantitative estimate of drug-likeness (QED) is 0.735.